The van der Waals surface area contributed by atoms with E-state index in [-0.39, 0.29) is 23.0 Å². The Bertz CT molecular complexity index is 359. The normalized spacial score (nSPS) is 20.1. The van der Waals surface area contributed by atoms with Gasteiger partial charge in [-0.05, 0) is 23.5 Å². The van der Waals surface area contributed by atoms with E-state index in [1.54, 1.807) is 4.90 Å². The largest absolute Gasteiger partial charge is 0.413 e. The molecule has 0 unspecified atom stereocenters. The summed E-state index contributed by atoms with van der Waals surface area (Å²) in [4.78, 5) is 14.1. The van der Waals surface area contributed by atoms with Crippen LogP contribution in [0.15, 0.2) is 0 Å². The Morgan fingerprint density at radius 2 is 1.82 bits per heavy atom. The van der Waals surface area contributed by atoms with Gasteiger partial charge in [0, 0.05) is 14.1 Å². The van der Waals surface area contributed by atoms with Gasteiger partial charge in [-0.3, -0.25) is 4.79 Å². The van der Waals surface area contributed by atoms with Crippen molar-refractivity contribution in [2.75, 3.05) is 14.1 Å². The smallest absolute Gasteiger partial charge is 0.227 e. The van der Waals surface area contributed by atoms with Crippen LogP contribution in [0.25, 0.3) is 0 Å². The molecule has 1 aliphatic rings. The molecular weight excluding hydrogens is 290 g/mol. The molecule has 130 valence electrons. The van der Waals surface area contributed by atoms with E-state index in [2.05, 4.69) is 34.6 Å². The average Bonchev–Trinajstić information content (AvgIpc) is 2.37. The minimum atomic E-state index is -1.68. The number of nitrogens with zero attached hydrogens (tertiary/aromatic N) is 1. The van der Waals surface area contributed by atoms with E-state index >= 15 is 0 Å². The molecule has 0 aromatic rings. The molecule has 2 atom stereocenters. The quantitative estimate of drug-likeness (QED) is 0.472. The molecule has 1 saturated heterocycles. The fourth-order valence-electron chi connectivity index (χ4n) is 3.41. The van der Waals surface area contributed by atoms with E-state index in [0.29, 0.717) is 0 Å². The fourth-order valence-corrected chi connectivity index (χ4v) is 7.39. The minimum absolute atomic E-state index is 0.0285. The summed E-state index contributed by atoms with van der Waals surface area (Å²) in [5.41, 5.74) is 0. The van der Waals surface area contributed by atoms with Crippen molar-refractivity contribution in [3.63, 3.8) is 0 Å². The maximum absolute atomic E-state index is 12.4. The second-order valence-corrected chi connectivity index (χ2v) is 13.0. The predicted octanol–water partition coefficient (Wildman–Crippen LogP) is 4.83. The second-order valence-electron chi connectivity index (χ2n) is 8.27. The SMILES string of the molecule is CCCCC[C@@H](O[Si]1(C(C)(C)C)CCC1)[C@@H](C)C(=O)N(C)C. The first kappa shape index (κ1) is 19.7. The van der Waals surface area contributed by atoms with E-state index in [4.69, 9.17) is 4.43 Å². The molecule has 0 radical (unpaired) electrons. The van der Waals surface area contributed by atoms with Gasteiger partial charge in [0.25, 0.3) is 0 Å². The highest BCUT2D eigenvalue weighted by Crippen LogP contribution is 2.51. The molecule has 0 aromatic carbocycles. The lowest BCUT2D eigenvalue weighted by Gasteiger charge is -2.51. The van der Waals surface area contributed by atoms with Crippen LogP contribution in [0.4, 0.5) is 0 Å². The number of unbranched alkanes of at least 4 members (excludes halogenated alkanes) is 2. The van der Waals surface area contributed by atoms with E-state index in [9.17, 15) is 4.79 Å². The molecule has 3 nitrogen and oxygen atoms in total. The number of hydrogen-bond acceptors (Lipinski definition) is 2. The molecule has 0 aliphatic carbocycles. The Labute approximate surface area is 138 Å². The predicted molar refractivity (Wildman–Crippen MR) is 96.6 cm³/mol. The van der Waals surface area contributed by atoms with E-state index in [1.807, 2.05) is 14.1 Å². The van der Waals surface area contributed by atoms with Gasteiger partial charge in [0.2, 0.25) is 5.91 Å². The van der Waals surface area contributed by atoms with Crippen LogP contribution in [-0.2, 0) is 9.22 Å². The zero-order chi connectivity index (χ0) is 17.0. The Balaban J connectivity index is 2.83. The summed E-state index contributed by atoms with van der Waals surface area (Å²) in [6, 6.07) is 2.54. The third-order valence-electron chi connectivity index (χ3n) is 5.39. The summed E-state index contributed by atoms with van der Waals surface area (Å²) in [6.07, 6.45) is 6.05. The lowest BCUT2D eigenvalue weighted by atomic mass is 9.98. The van der Waals surface area contributed by atoms with Gasteiger partial charge < -0.3 is 9.33 Å². The zero-order valence-corrected chi connectivity index (χ0v) is 16.9. The van der Waals surface area contributed by atoms with Gasteiger partial charge in [-0.2, -0.15) is 0 Å². The number of hydrogen-bond donors (Lipinski definition) is 0. The molecule has 1 heterocycles. The summed E-state index contributed by atoms with van der Waals surface area (Å²) in [6.45, 7) is 11.3. The van der Waals surface area contributed by atoms with Gasteiger partial charge >= 0.3 is 0 Å². The Kier molecular flexibility index (Phi) is 7.12. The minimum Gasteiger partial charge on any atom is -0.413 e. The maximum atomic E-state index is 12.4. The molecular formula is C18H37NO2Si. The van der Waals surface area contributed by atoms with Crippen LogP contribution < -0.4 is 0 Å². The molecule has 0 spiro atoms. The van der Waals surface area contributed by atoms with Crippen molar-refractivity contribution < 1.29 is 9.22 Å². The summed E-state index contributed by atoms with van der Waals surface area (Å²) in [5.74, 6) is 0.179. The van der Waals surface area contributed by atoms with E-state index in [1.165, 1.54) is 37.8 Å². The first-order chi connectivity index (χ1) is 10.1. The van der Waals surface area contributed by atoms with E-state index in [0.717, 1.165) is 6.42 Å². The van der Waals surface area contributed by atoms with Crippen LogP contribution in [0.5, 0.6) is 0 Å². The van der Waals surface area contributed by atoms with Crippen molar-refractivity contribution in [2.24, 2.45) is 5.92 Å². The Morgan fingerprint density at radius 1 is 1.23 bits per heavy atom. The van der Waals surface area contributed by atoms with Gasteiger partial charge in [-0.25, -0.2) is 0 Å². The molecule has 1 fully saturated rings. The van der Waals surface area contributed by atoms with Crippen LogP contribution in [0, 0.1) is 5.92 Å². The monoisotopic (exact) mass is 327 g/mol. The van der Waals surface area contributed by atoms with Crippen LogP contribution in [0.3, 0.4) is 0 Å². The Morgan fingerprint density at radius 3 is 2.18 bits per heavy atom. The molecule has 0 aromatic heterocycles. The fraction of sp³-hybridized carbons (Fsp3) is 0.944. The second kappa shape index (κ2) is 7.96. The summed E-state index contributed by atoms with van der Waals surface area (Å²) in [5, 5.41) is 0.273. The number of amides is 1. The van der Waals surface area contributed by atoms with Crippen molar-refractivity contribution in [3.05, 3.63) is 0 Å². The van der Waals surface area contributed by atoms with Gasteiger partial charge in [-0.1, -0.05) is 60.3 Å². The molecule has 0 saturated carbocycles. The van der Waals surface area contributed by atoms with Crippen LogP contribution >= 0.6 is 0 Å². The van der Waals surface area contributed by atoms with Crippen molar-refractivity contribution in [3.8, 4) is 0 Å². The number of rotatable bonds is 8. The summed E-state index contributed by atoms with van der Waals surface area (Å²) >= 11 is 0. The molecule has 4 heteroatoms. The van der Waals surface area contributed by atoms with Crippen molar-refractivity contribution in [1.82, 2.24) is 4.90 Å². The third kappa shape index (κ3) is 4.57. The molecule has 1 aliphatic heterocycles. The van der Waals surface area contributed by atoms with Gasteiger partial charge in [-0.15, -0.1) is 0 Å². The third-order valence-corrected chi connectivity index (χ3v) is 11.2. The van der Waals surface area contributed by atoms with Gasteiger partial charge in [0.05, 0.1) is 12.0 Å². The lowest BCUT2D eigenvalue weighted by Crippen LogP contribution is -2.56. The Hall–Kier alpha value is -0.353. The van der Waals surface area contributed by atoms with Crippen molar-refractivity contribution >= 4 is 14.2 Å². The van der Waals surface area contributed by atoms with Crippen molar-refractivity contribution in [2.45, 2.75) is 90.0 Å². The zero-order valence-electron chi connectivity index (χ0n) is 15.9. The standard InChI is InChI=1S/C18H37NO2Si/c1-8-9-10-12-16(15(2)17(20)19(6)7)21-22(13-11-14-22)18(3,4)5/h15-16H,8-14H2,1-7H3/t15-,16-/m1/s1. The van der Waals surface area contributed by atoms with Crippen LogP contribution in [0.1, 0.15) is 66.7 Å². The van der Waals surface area contributed by atoms with Crippen molar-refractivity contribution in [1.29, 1.82) is 0 Å². The average molecular weight is 328 g/mol. The maximum Gasteiger partial charge on any atom is 0.227 e. The molecule has 1 amide bonds. The number of carbonyl (C=O) groups excluding carboxylic acids is 1. The van der Waals surface area contributed by atoms with Gasteiger partial charge in [0.15, 0.2) is 8.32 Å². The molecule has 22 heavy (non-hydrogen) atoms. The summed E-state index contributed by atoms with van der Waals surface area (Å²) < 4.78 is 6.81. The summed E-state index contributed by atoms with van der Waals surface area (Å²) in [7, 11) is 2.02. The molecule has 0 bridgehead atoms. The van der Waals surface area contributed by atoms with Gasteiger partial charge in [0.1, 0.15) is 0 Å². The first-order valence-electron chi connectivity index (χ1n) is 9.03. The van der Waals surface area contributed by atoms with Crippen LogP contribution in [0.2, 0.25) is 17.1 Å². The molecule has 0 N–H and O–H groups in total. The van der Waals surface area contributed by atoms with Crippen LogP contribution in [-0.4, -0.2) is 39.3 Å². The van der Waals surface area contributed by atoms with E-state index < -0.39 is 8.32 Å². The number of carbonyl (C=O) groups is 1. The highest BCUT2D eigenvalue weighted by atomic mass is 28.4. The highest BCUT2D eigenvalue weighted by molar-refractivity contribution is 6.79. The molecule has 1 rings (SSSR count). The lowest BCUT2D eigenvalue weighted by molar-refractivity contribution is -0.135. The topological polar surface area (TPSA) is 29.5 Å². The first-order valence-corrected chi connectivity index (χ1v) is 11.4. The highest BCUT2D eigenvalue weighted by Gasteiger charge is 2.53.